The average Bonchev–Trinajstić information content (AvgIpc) is 3.27. The largest absolute Gasteiger partial charge is 0.306 e. The van der Waals surface area contributed by atoms with Gasteiger partial charge in [0, 0.05) is 30.4 Å². The van der Waals surface area contributed by atoms with E-state index in [0.29, 0.717) is 5.92 Å². The summed E-state index contributed by atoms with van der Waals surface area (Å²) in [6.45, 7) is 2.37. The Kier molecular flexibility index (Phi) is 4.65. The monoisotopic (exact) mass is 420 g/mol. The van der Waals surface area contributed by atoms with E-state index in [1.54, 1.807) is 18.6 Å². The number of fused-ring (bicyclic) bond motifs is 2. The zero-order valence-electron chi connectivity index (χ0n) is 18.0. The molecule has 32 heavy (non-hydrogen) atoms. The smallest absolute Gasteiger partial charge is 0.137 e. The van der Waals surface area contributed by atoms with E-state index in [-0.39, 0.29) is 0 Å². The molecule has 6 rings (SSSR count). The first kappa shape index (κ1) is 19.1. The van der Waals surface area contributed by atoms with Gasteiger partial charge in [-0.25, -0.2) is 4.98 Å². The molecule has 1 saturated heterocycles. The molecule has 5 heterocycles. The fourth-order valence-electron chi connectivity index (χ4n) is 4.73. The molecule has 0 unspecified atom stereocenters. The zero-order valence-corrected chi connectivity index (χ0v) is 18.0. The van der Waals surface area contributed by atoms with Gasteiger partial charge in [0.1, 0.15) is 16.7 Å². The van der Waals surface area contributed by atoms with Gasteiger partial charge in [-0.05, 0) is 67.7 Å². The molecule has 6 nitrogen and oxygen atoms in total. The first-order valence-electron chi connectivity index (χ1n) is 11.1. The third kappa shape index (κ3) is 3.33. The quantitative estimate of drug-likeness (QED) is 0.419. The van der Waals surface area contributed by atoms with E-state index < -0.39 is 0 Å². The van der Waals surface area contributed by atoms with E-state index in [4.69, 9.17) is 0 Å². The number of hydrogen-bond donors (Lipinski definition) is 0. The van der Waals surface area contributed by atoms with E-state index in [0.717, 1.165) is 27.9 Å². The second-order valence-electron chi connectivity index (χ2n) is 8.60. The van der Waals surface area contributed by atoms with Crippen molar-refractivity contribution in [1.29, 1.82) is 0 Å². The molecule has 5 aromatic rings. The van der Waals surface area contributed by atoms with Crippen LogP contribution in [0, 0.1) is 0 Å². The standard InChI is InChI=1S/C26H24N6/c1-31-11-6-20(7-12-31)18-2-4-19(5-3-18)21-8-13-32-24(17-30-25(32)14-21)22-15-27-16-23-26(22)29-10-9-28-23/h2-5,8-10,13-17,20H,6-7,11-12H2,1H3. The number of rotatable bonds is 3. The summed E-state index contributed by atoms with van der Waals surface area (Å²) in [7, 11) is 2.21. The Balaban J connectivity index is 1.33. The molecule has 1 fully saturated rings. The van der Waals surface area contributed by atoms with Gasteiger partial charge in [0.25, 0.3) is 0 Å². The van der Waals surface area contributed by atoms with Gasteiger partial charge in [-0.15, -0.1) is 0 Å². The van der Waals surface area contributed by atoms with E-state index in [1.807, 2.05) is 12.4 Å². The highest BCUT2D eigenvalue weighted by molar-refractivity contribution is 5.89. The summed E-state index contributed by atoms with van der Waals surface area (Å²) in [5.74, 6) is 0.676. The second kappa shape index (κ2) is 7.80. The highest BCUT2D eigenvalue weighted by Gasteiger charge is 2.18. The van der Waals surface area contributed by atoms with Crippen molar-refractivity contribution < 1.29 is 0 Å². The topological polar surface area (TPSA) is 59.2 Å². The Morgan fingerprint density at radius 3 is 2.50 bits per heavy atom. The Labute approximate surface area is 186 Å². The molecule has 0 radical (unpaired) electrons. The molecule has 0 amide bonds. The summed E-state index contributed by atoms with van der Waals surface area (Å²) in [6.07, 6.45) is 13.4. The fourth-order valence-corrected chi connectivity index (χ4v) is 4.73. The van der Waals surface area contributed by atoms with Crippen molar-refractivity contribution in [3.63, 3.8) is 0 Å². The van der Waals surface area contributed by atoms with Crippen LogP contribution in [-0.2, 0) is 0 Å². The summed E-state index contributed by atoms with van der Waals surface area (Å²) in [6, 6.07) is 13.4. The molecular weight excluding hydrogens is 396 g/mol. The van der Waals surface area contributed by atoms with Crippen molar-refractivity contribution in [1.82, 2.24) is 29.2 Å². The highest BCUT2D eigenvalue weighted by Crippen LogP contribution is 2.31. The first-order chi connectivity index (χ1) is 15.8. The minimum Gasteiger partial charge on any atom is -0.306 e. The van der Waals surface area contributed by atoms with Crippen LogP contribution < -0.4 is 0 Å². The van der Waals surface area contributed by atoms with Gasteiger partial charge in [-0.2, -0.15) is 0 Å². The molecule has 1 aromatic carbocycles. The Hall–Kier alpha value is -3.64. The molecule has 6 heteroatoms. The van der Waals surface area contributed by atoms with Crippen LogP contribution >= 0.6 is 0 Å². The lowest BCUT2D eigenvalue weighted by Gasteiger charge is -2.29. The maximum Gasteiger partial charge on any atom is 0.137 e. The van der Waals surface area contributed by atoms with E-state index in [2.05, 4.69) is 78.9 Å². The number of nitrogens with zero attached hydrogens (tertiary/aromatic N) is 6. The van der Waals surface area contributed by atoms with Crippen molar-refractivity contribution in [3.05, 3.63) is 79.1 Å². The molecule has 158 valence electrons. The van der Waals surface area contributed by atoms with Gasteiger partial charge in [0.2, 0.25) is 0 Å². The summed E-state index contributed by atoms with van der Waals surface area (Å²) < 4.78 is 2.08. The van der Waals surface area contributed by atoms with Crippen LogP contribution in [0.4, 0.5) is 0 Å². The second-order valence-corrected chi connectivity index (χ2v) is 8.60. The molecule has 1 aliphatic heterocycles. The predicted molar refractivity (Wildman–Crippen MR) is 126 cm³/mol. The lowest BCUT2D eigenvalue weighted by Crippen LogP contribution is -2.29. The van der Waals surface area contributed by atoms with Gasteiger partial charge in [0.05, 0.1) is 18.1 Å². The highest BCUT2D eigenvalue weighted by atomic mass is 15.1. The number of benzene rings is 1. The molecule has 0 bridgehead atoms. The lowest BCUT2D eigenvalue weighted by atomic mass is 9.89. The Morgan fingerprint density at radius 1 is 0.844 bits per heavy atom. The summed E-state index contributed by atoms with van der Waals surface area (Å²) in [5.41, 5.74) is 8.24. The SMILES string of the molecule is CN1CCC(c2ccc(-c3ccn4c(-c5cncc6nccnc56)cnc4c3)cc2)CC1. The number of likely N-dealkylation sites (tertiary alicyclic amines) is 1. The van der Waals surface area contributed by atoms with Crippen molar-refractivity contribution in [2.45, 2.75) is 18.8 Å². The van der Waals surface area contributed by atoms with Crippen LogP contribution in [-0.4, -0.2) is 49.4 Å². The molecule has 0 atom stereocenters. The van der Waals surface area contributed by atoms with E-state index in [9.17, 15) is 0 Å². The maximum atomic E-state index is 4.67. The number of pyridine rings is 2. The Morgan fingerprint density at radius 2 is 1.66 bits per heavy atom. The van der Waals surface area contributed by atoms with Gasteiger partial charge < -0.3 is 4.90 Å². The molecular formula is C26H24N6. The minimum absolute atomic E-state index is 0.676. The van der Waals surface area contributed by atoms with Crippen molar-refractivity contribution >= 4 is 16.7 Å². The number of hydrogen-bond acceptors (Lipinski definition) is 5. The molecule has 0 spiro atoms. The zero-order chi connectivity index (χ0) is 21.5. The van der Waals surface area contributed by atoms with E-state index >= 15 is 0 Å². The van der Waals surface area contributed by atoms with Gasteiger partial charge in [-0.1, -0.05) is 24.3 Å². The number of piperidine rings is 1. The molecule has 4 aromatic heterocycles. The lowest BCUT2D eigenvalue weighted by molar-refractivity contribution is 0.255. The van der Waals surface area contributed by atoms with Crippen LogP contribution in [0.25, 0.3) is 39.1 Å². The fraction of sp³-hybridized carbons (Fsp3) is 0.231. The summed E-state index contributed by atoms with van der Waals surface area (Å²) in [5, 5.41) is 0. The number of imidazole rings is 1. The minimum atomic E-state index is 0.676. The van der Waals surface area contributed by atoms with Crippen molar-refractivity contribution in [2.24, 2.45) is 0 Å². The van der Waals surface area contributed by atoms with Crippen molar-refractivity contribution in [3.8, 4) is 22.4 Å². The third-order valence-electron chi connectivity index (χ3n) is 6.61. The first-order valence-corrected chi connectivity index (χ1v) is 11.1. The van der Waals surface area contributed by atoms with Crippen molar-refractivity contribution in [2.75, 3.05) is 20.1 Å². The molecule has 0 aliphatic carbocycles. The van der Waals surface area contributed by atoms with E-state index in [1.165, 1.54) is 42.6 Å². The van der Waals surface area contributed by atoms with Gasteiger partial charge >= 0.3 is 0 Å². The molecule has 0 N–H and O–H groups in total. The van der Waals surface area contributed by atoms with Crippen LogP contribution in [0.15, 0.2) is 73.6 Å². The summed E-state index contributed by atoms with van der Waals surface area (Å²) >= 11 is 0. The average molecular weight is 421 g/mol. The van der Waals surface area contributed by atoms with Crippen LogP contribution in [0.2, 0.25) is 0 Å². The van der Waals surface area contributed by atoms with Crippen LogP contribution in [0.1, 0.15) is 24.3 Å². The summed E-state index contributed by atoms with van der Waals surface area (Å²) in [4.78, 5) is 20.3. The van der Waals surface area contributed by atoms with Crippen LogP contribution in [0.3, 0.4) is 0 Å². The molecule has 0 saturated carbocycles. The number of aromatic nitrogens is 5. The van der Waals surface area contributed by atoms with Crippen LogP contribution in [0.5, 0.6) is 0 Å². The van der Waals surface area contributed by atoms with Gasteiger partial charge in [0.15, 0.2) is 0 Å². The maximum absolute atomic E-state index is 4.67. The normalized spacial score (nSPS) is 15.5. The van der Waals surface area contributed by atoms with Gasteiger partial charge in [-0.3, -0.25) is 19.4 Å². The predicted octanol–water partition coefficient (Wildman–Crippen LogP) is 4.82. The third-order valence-corrected chi connectivity index (χ3v) is 6.61. The Bertz CT molecular complexity index is 1390. The molecule has 1 aliphatic rings.